The molecule has 0 aliphatic carbocycles. The molecule has 0 amide bonds. The number of rotatable bonds is 8. The Bertz CT molecular complexity index is 592. The molecule has 0 bridgehead atoms. The van der Waals surface area contributed by atoms with Gasteiger partial charge in [0.2, 0.25) is 5.75 Å². The maximum atomic E-state index is 11.3. The van der Waals surface area contributed by atoms with E-state index in [2.05, 4.69) is 15.8 Å². The Morgan fingerprint density at radius 2 is 2.17 bits per heavy atom. The van der Waals surface area contributed by atoms with E-state index in [-0.39, 0.29) is 11.4 Å². The van der Waals surface area contributed by atoms with Crippen molar-refractivity contribution in [1.82, 2.24) is 10.7 Å². The molecule has 0 aliphatic heterocycles. The molecule has 8 nitrogen and oxygen atoms in total. The average Bonchev–Trinajstić information content (AvgIpc) is 2.53. The van der Waals surface area contributed by atoms with Gasteiger partial charge in [-0.25, -0.2) is 0 Å². The van der Waals surface area contributed by atoms with Crippen molar-refractivity contribution in [2.24, 2.45) is 5.10 Å². The summed E-state index contributed by atoms with van der Waals surface area (Å²) in [6.45, 7) is 4.45. The smallest absolute Gasteiger partial charge is 0.315 e. The molecule has 0 aromatic heterocycles. The van der Waals surface area contributed by atoms with Gasteiger partial charge in [-0.1, -0.05) is 6.92 Å². The summed E-state index contributed by atoms with van der Waals surface area (Å²) >= 11 is 4.89. The zero-order valence-electron chi connectivity index (χ0n) is 13.3. The van der Waals surface area contributed by atoms with Crippen LogP contribution in [0.5, 0.6) is 11.5 Å². The van der Waals surface area contributed by atoms with Crippen LogP contribution in [-0.2, 0) is 0 Å². The first-order valence-corrected chi connectivity index (χ1v) is 7.53. The van der Waals surface area contributed by atoms with E-state index in [9.17, 15) is 10.1 Å². The monoisotopic (exact) mass is 340 g/mol. The summed E-state index contributed by atoms with van der Waals surface area (Å²) in [5.74, 6) is 0.447. The Balaban J connectivity index is 3.18. The second-order valence-electron chi connectivity index (χ2n) is 4.36. The summed E-state index contributed by atoms with van der Waals surface area (Å²) in [5.41, 5.74) is 2.91. The van der Waals surface area contributed by atoms with Crippen LogP contribution < -0.4 is 20.2 Å². The zero-order chi connectivity index (χ0) is 17.2. The van der Waals surface area contributed by atoms with Crippen molar-refractivity contribution in [2.75, 3.05) is 20.3 Å². The molecule has 0 aliphatic rings. The predicted octanol–water partition coefficient (Wildman–Crippen LogP) is 2.21. The van der Waals surface area contributed by atoms with Crippen LogP contribution in [0.15, 0.2) is 17.2 Å². The van der Waals surface area contributed by atoms with E-state index in [1.807, 2.05) is 6.92 Å². The lowest BCUT2D eigenvalue weighted by molar-refractivity contribution is -0.386. The molecule has 0 unspecified atom stereocenters. The minimum absolute atomic E-state index is 0.134. The summed E-state index contributed by atoms with van der Waals surface area (Å²) in [7, 11) is 1.66. The van der Waals surface area contributed by atoms with Gasteiger partial charge in [0.15, 0.2) is 10.9 Å². The summed E-state index contributed by atoms with van der Waals surface area (Å²) in [6.07, 6.45) is 2.15. The standard InChI is InChI=1S/C14H20N4O4S/c1-4-6-22-13-11(18(19)20)7-10(8-12(13)21-5-2)9-16-17-14(23)15-3/h7-9H,4-6H2,1-3H3,(H2,15,17,23)/b16-9+. The fourth-order valence-electron chi connectivity index (χ4n) is 1.65. The maximum absolute atomic E-state index is 11.3. The van der Waals surface area contributed by atoms with Crippen LogP contribution in [0.1, 0.15) is 25.8 Å². The van der Waals surface area contributed by atoms with Crippen molar-refractivity contribution in [1.29, 1.82) is 0 Å². The third-order valence-electron chi connectivity index (χ3n) is 2.61. The molecule has 2 N–H and O–H groups in total. The molecule has 9 heteroatoms. The van der Waals surface area contributed by atoms with Crippen molar-refractivity contribution in [2.45, 2.75) is 20.3 Å². The predicted molar refractivity (Wildman–Crippen MR) is 92.4 cm³/mol. The van der Waals surface area contributed by atoms with Gasteiger partial charge in [0.25, 0.3) is 0 Å². The number of nitro groups is 1. The van der Waals surface area contributed by atoms with E-state index >= 15 is 0 Å². The number of nitrogens with zero attached hydrogens (tertiary/aromatic N) is 2. The summed E-state index contributed by atoms with van der Waals surface area (Å²) in [4.78, 5) is 10.8. The normalized spacial score (nSPS) is 10.4. The van der Waals surface area contributed by atoms with Crippen LogP contribution in [-0.4, -0.2) is 36.5 Å². The lowest BCUT2D eigenvalue weighted by Crippen LogP contribution is -2.28. The molecule has 0 atom stereocenters. The summed E-state index contributed by atoms with van der Waals surface area (Å²) in [5, 5.41) is 18.2. The summed E-state index contributed by atoms with van der Waals surface area (Å²) in [6, 6.07) is 3.01. The van der Waals surface area contributed by atoms with E-state index in [0.717, 1.165) is 6.42 Å². The first-order valence-electron chi connectivity index (χ1n) is 7.12. The zero-order valence-corrected chi connectivity index (χ0v) is 14.1. The van der Waals surface area contributed by atoms with Crippen LogP contribution >= 0.6 is 12.2 Å². The van der Waals surface area contributed by atoms with Gasteiger partial charge in [-0.3, -0.25) is 15.5 Å². The Morgan fingerprint density at radius 3 is 2.74 bits per heavy atom. The van der Waals surface area contributed by atoms with Gasteiger partial charge in [-0.05, 0) is 31.6 Å². The van der Waals surface area contributed by atoms with Crippen molar-refractivity contribution in [3.05, 3.63) is 27.8 Å². The van der Waals surface area contributed by atoms with Gasteiger partial charge >= 0.3 is 5.69 Å². The molecule has 0 fully saturated rings. The third kappa shape index (κ3) is 5.70. The first-order chi connectivity index (χ1) is 11.0. The second kappa shape index (κ2) is 9.57. The number of hydrogen-bond donors (Lipinski definition) is 2. The topological polar surface area (TPSA) is 98.0 Å². The molecule has 0 saturated heterocycles. The Morgan fingerprint density at radius 1 is 1.43 bits per heavy atom. The highest BCUT2D eigenvalue weighted by molar-refractivity contribution is 7.80. The lowest BCUT2D eigenvalue weighted by Gasteiger charge is -2.12. The second-order valence-corrected chi connectivity index (χ2v) is 4.76. The highest BCUT2D eigenvalue weighted by atomic mass is 32.1. The van der Waals surface area contributed by atoms with Gasteiger partial charge in [0, 0.05) is 18.7 Å². The van der Waals surface area contributed by atoms with Gasteiger partial charge in [-0.15, -0.1) is 0 Å². The van der Waals surface area contributed by atoms with Crippen molar-refractivity contribution in [3.8, 4) is 11.5 Å². The molecule has 1 rings (SSSR count). The molecule has 0 spiro atoms. The van der Waals surface area contributed by atoms with Gasteiger partial charge in [-0.2, -0.15) is 5.10 Å². The van der Waals surface area contributed by atoms with Crippen LogP contribution in [0.2, 0.25) is 0 Å². The Kier molecular flexibility index (Phi) is 7.75. The van der Waals surface area contributed by atoms with E-state index in [1.165, 1.54) is 12.3 Å². The van der Waals surface area contributed by atoms with Crippen LogP contribution in [0, 0.1) is 10.1 Å². The number of nitrogens with one attached hydrogen (secondary N) is 2. The SMILES string of the molecule is CCCOc1c(OCC)cc(/C=N/NC(=S)NC)cc1[N+](=O)[O-]. The third-order valence-corrected chi connectivity index (χ3v) is 2.91. The number of thiocarbonyl (C=S) groups is 1. The first kappa shape index (κ1) is 18.6. The Hall–Kier alpha value is -2.42. The number of ether oxygens (including phenoxy) is 2. The molecule has 1 aromatic carbocycles. The van der Waals surface area contributed by atoms with E-state index < -0.39 is 4.92 Å². The van der Waals surface area contributed by atoms with Crippen molar-refractivity contribution >= 4 is 29.2 Å². The molecule has 23 heavy (non-hydrogen) atoms. The molecular weight excluding hydrogens is 320 g/mol. The van der Waals surface area contributed by atoms with Gasteiger partial charge in [0.1, 0.15) is 0 Å². The van der Waals surface area contributed by atoms with Crippen molar-refractivity contribution < 1.29 is 14.4 Å². The van der Waals surface area contributed by atoms with E-state index in [4.69, 9.17) is 21.7 Å². The number of hydrogen-bond acceptors (Lipinski definition) is 6. The minimum Gasteiger partial charge on any atom is -0.490 e. The average molecular weight is 340 g/mol. The van der Waals surface area contributed by atoms with Gasteiger partial charge in [0.05, 0.1) is 24.4 Å². The molecular formula is C14H20N4O4S. The molecule has 126 valence electrons. The summed E-state index contributed by atoms with van der Waals surface area (Å²) < 4.78 is 11.0. The van der Waals surface area contributed by atoms with Crippen LogP contribution in [0.25, 0.3) is 0 Å². The van der Waals surface area contributed by atoms with E-state index in [1.54, 1.807) is 20.0 Å². The quantitative estimate of drug-likeness (QED) is 0.324. The highest BCUT2D eigenvalue weighted by Crippen LogP contribution is 2.38. The Labute approximate surface area is 140 Å². The largest absolute Gasteiger partial charge is 0.490 e. The lowest BCUT2D eigenvalue weighted by atomic mass is 10.2. The minimum atomic E-state index is -0.503. The molecule has 1 aromatic rings. The number of benzene rings is 1. The highest BCUT2D eigenvalue weighted by Gasteiger charge is 2.22. The molecule has 0 heterocycles. The number of hydrazone groups is 1. The fraction of sp³-hybridized carbons (Fsp3) is 0.429. The van der Waals surface area contributed by atoms with Crippen LogP contribution in [0.3, 0.4) is 0 Å². The van der Waals surface area contributed by atoms with Gasteiger partial charge < -0.3 is 14.8 Å². The number of nitro benzene ring substituents is 1. The fourth-order valence-corrected chi connectivity index (χ4v) is 1.70. The molecule has 0 saturated carbocycles. The molecule has 0 radical (unpaired) electrons. The maximum Gasteiger partial charge on any atom is 0.315 e. The van der Waals surface area contributed by atoms with E-state index in [0.29, 0.717) is 29.6 Å². The van der Waals surface area contributed by atoms with Crippen LogP contribution in [0.4, 0.5) is 5.69 Å². The van der Waals surface area contributed by atoms with Crippen molar-refractivity contribution in [3.63, 3.8) is 0 Å².